The third-order valence-corrected chi connectivity index (χ3v) is 11.1. The molecule has 2 atom stereocenters. The van der Waals surface area contributed by atoms with Crippen LogP contribution >= 0.6 is 10.3 Å². The van der Waals surface area contributed by atoms with Crippen molar-refractivity contribution >= 4 is 16.3 Å². The molecule has 0 aromatic heterocycles. The maximum Gasteiger partial charge on any atom is 0.323 e. The molecule has 0 saturated heterocycles. The highest BCUT2D eigenvalue weighted by Gasteiger charge is 2.61. The number of hydrogen-bond acceptors (Lipinski definition) is 3. The number of hydrogen-bond donors (Lipinski definition) is 1. The average Bonchev–Trinajstić information content (AvgIpc) is 2.82. The predicted molar refractivity (Wildman–Crippen MR) is 130 cm³/mol. The largest absolute Gasteiger partial charge is 0.402 e. The van der Waals surface area contributed by atoms with E-state index in [1.807, 2.05) is 54.6 Å². The highest BCUT2D eigenvalue weighted by molar-refractivity contribution is 8.30. The molecule has 4 bridgehead atoms. The molecule has 3 aromatic carbocycles. The van der Waals surface area contributed by atoms with E-state index in [2.05, 4.69) is 36.4 Å². The van der Waals surface area contributed by atoms with E-state index in [9.17, 15) is 9.90 Å². The summed E-state index contributed by atoms with van der Waals surface area (Å²) in [6.45, 7) is 0. The molecule has 4 aliphatic rings. The number of benzene rings is 3. The lowest BCUT2D eigenvalue weighted by molar-refractivity contribution is -0.188. The summed E-state index contributed by atoms with van der Waals surface area (Å²) < 4.78 is 6.86. The molecule has 33 heavy (non-hydrogen) atoms. The second kappa shape index (κ2) is 7.75. The van der Waals surface area contributed by atoms with Crippen LogP contribution in [0.5, 0.6) is 0 Å². The lowest BCUT2D eigenvalue weighted by Gasteiger charge is -2.59. The molecule has 2 unspecified atom stereocenters. The van der Waals surface area contributed by atoms with Crippen molar-refractivity contribution in [1.29, 1.82) is 0 Å². The summed E-state index contributed by atoms with van der Waals surface area (Å²) in [5, 5.41) is 11.3. The first kappa shape index (κ1) is 21.0. The molecular formula is C29H30O3S. The van der Waals surface area contributed by atoms with Gasteiger partial charge in [-0.3, -0.25) is 4.79 Å². The van der Waals surface area contributed by atoms with Crippen molar-refractivity contribution in [2.24, 2.45) is 17.3 Å². The molecule has 170 valence electrons. The van der Waals surface area contributed by atoms with Crippen LogP contribution in [0.3, 0.4) is 0 Å². The highest BCUT2D eigenvalue weighted by Crippen LogP contribution is 2.71. The van der Waals surface area contributed by atoms with Gasteiger partial charge in [0.25, 0.3) is 0 Å². The summed E-state index contributed by atoms with van der Waals surface area (Å²) in [6, 6.07) is 30.6. The smallest absolute Gasteiger partial charge is 0.323 e. The number of rotatable bonds is 5. The molecule has 3 nitrogen and oxygen atoms in total. The van der Waals surface area contributed by atoms with Gasteiger partial charge in [0.05, 0.1) is 11.0 Å². The second-order valence-electron chi connectivity index (χ2n) is 10.3. The Labute approximate surface area is 197 Å². The first-order valence-electron chi connectivity index (χ1n) is 12.0. The average molecular weight is 459 g/mol. The fourth-order valence-electron chi connectivity index (χ4n) is 7.04. The zero-order valence-electron chi connectivity index (χ0n) is 18.7. The molecule has 4 fully saturated rings. The van der Waals surface area contributed by atoms with Crippen molar-refractivity contribution in [3.05, 3.63) is 91.0 Å². The van der Waals surface area contributed by atoms with Gasteiger partial charge in [0.15, 0.2) is 0 Å². The van der Waals surface area contributed by atoms with E-state index >= 15 is 0 Å². The monoisotopic (exact) mass is 458 g/mol. The van der Waals surface area contributed by atoms with Gasteiger partial charge in [0, 0.05) is 14.7 Å². The van der Waals surface area contributed by atoms with Gasteiger partial charge >= 0.3 is 5.97 Å². The Hall–Kier alpha value is -2.56. The quantitative estimate of drug-likeness (QED) is 0.460. The summed E-state index contributed by atoms with van der Waals surface area (Å²) >= 11 is 0. The summed E-state index contributed by atoms with van der Waals surface area (Å²) in [4.78, 5) is 17.3. The Morgan fingerprint density at radius 2 is 1.15 bits per heavy atom. The van der Waals surface area contributed by atoms with Gasteiger partial charge in [-0.2, -0.15) is 0 Å². The van der Waals surface area contributed by atoms with Gasteiger partial charge in [-0.15, -0.1) is 0 Å². The SMILES string of the molecule is O=C(OS(c1ccccc1)(c1ccccc1)c1ccccc1)C12CC3CC(CC(O)(C3)C1)C2. The molecule has 0 radical (unpaired) electrons. The standard InChI is InChI=1S/C29H30O3S/c30-27(28-17-22-16-23(18-28)20-29(31,19-22)21-28)32-33(24-10-4-1-5-11-24,25-12-6-2-7-13-25)26-14-8-3-9-15-26/h1-15,22-23,31H,16-21H2. The fourth-order valence-corrected chi connectivity index (χ4v) is 10.2. The second-order valence-corrected chi connectivity index (χ2v) is 13.0. The van der Waals surface area contributed by atoms with E-state index in [1.165, 1.54) is 0 Å². The molecule has 0 aliphatic heterocycles. The van der Waals surface area contributed by atoms with E-state index in [0.717, 1.165) is 46.8 Å². The van der Waals surface area contributed by atoms with Crippen LogP contribution in [0.4, 0.5) is 0 Å². The van der Waals surface area contributed by atoms with Gasteiger partial charge < -0.3 is 9.29 Å². The summed E-state index contributed by atoms with van der Waals surface area (Å²) in [6.07, 6.45) is 5.06. The van der Waals surface area contributed by atoms with Crippen molar-refractivity contribution in [3.63, 3.8) is 0 Å². The Morgan fingerprint density at radius 3 is 1.55 bits per heavy atom. The Balaban J connectivity index is 1.50. The van der Waals surface area contributed by atoms with Gasteiger partial charge in [0.2, 0.25) is 0 Å². The van der Waals surface area contributed by atoms with Crippen molar-refractivity contribution < 1.29 is 14.1 Å². The maximum absolute atomic E-state index is 14.3. The van der Waals surface area contributed by atoms with E-state index in [0.29, 0.717) is 18.3 Å². The minimum absolute atomic E-state index is 0.124. The van der Waals surface area contributed by atoms with Crippen molar-refractivity contribution in [2.75, 3.05) is 0 Å². The minimum Gasteiger partial charge on any atom is -0.402 e. The van der Waals surface area contributed by atoms with Gasteiger partial charge in [-0.25, -0.2) is 0 Å². The van der Waals surface area contributed by atoms with E-state index < -0.39 is 21.3 Å². The molecule has 7 rings (SSSR count). The van der Waals surface area contributed by atoms with Crippen molar-refractivity contribution in [3.8, 4) is 0 Å². The third kappa shape index (κ3) is 3.43. The number of carbonyl (C=O) groups is 1. The van der Waals surface area contributed by atoms with Crippen LogP contribution in [0.2, 0.25) is 0 Å². The van der Waals surface area contributed by atoms with Crippen LogP contribution in [-0.4, -0.2) is 16.7 Å². The highest BCUT2D eigenvalue weighted by atomic mass is 32.3. The Morgan fingerprint density at radius 1 is 0.727 bits per heavy atom. The summed E-state index contributed by atoms with van der Waals surface area (Å²) in [5.74, 6) is 0.735. The van der Waals surface area contributed by atoms with Crippen LogP contribution in [0, 0.1) is 17.3 Å². The molecular weight excluding hydrogens is 428 g/mol. The van der Waals surface area contributed by atoms with Crippen molar-refractivity contribution in [2.45, 2.75) is 58.8 Å². The number of carbonyl (C=O) groups excluding carboxylic acids is 1. The van der Waals surface area contributed by atoms with E-state index in [4.69, 9.17) is 4.18 Å². The topological polar surface area (TPSA) is 46.5 Å². The van der Waals surface area contributed by atoms with Crippen LogP contribution in [0.15, 0.2) is 106 Å². The van der Waals surface area contributed by atoms with Crippen molar-refractivity contribution in [1.82, 2.24) is 0 Å². The zero-order valence-corrected chi connectivity index (χ0v) is 19.5. The molecule has 0 spiro atoms. The van der Waals surface area contributed by atoms with Crippen LogP contribution in [0.25, 0.3) is 0 Å². The first-order valence-corrected chi connectivity index (χ1v) is 13.5. The summed E-state index contributed by atoms with van der Waals surface area (Å²) in [7, 11) is -2.28. The Kier molecular flexibility index (Phi) is 4.93. The molecule has 4 heteroatoms. The lowest BCUT2D eigenvalue weighted by Crippen LogP contribution is -2.58. The first-order chi connectivity index (χ1) is 16.0. The molecule has 4 aliphatic carbocycles. The van der Waals surface area contributed by atoms with Crippen LogP contribution in [-0.2, 0) is 8.98 Å². The Bertz CT molecular complexity index is 1030. The fraction of sp³-hybridized carbons (Fsp3) is 0.345. The molecule has 4 saturated carbocycles. The van der Waals surface area contributed by atoms with Gasteiger partial charge in [-0.1, -0.05) is 54.6 Å². The van der Waals surface area contributed by atoms with Gasteiger partial charge in [0.1, 0.15) is 0 Å². The van der Waals surface area contributed by atoms with Crippen LogP contribution in [0.1, 0.15) is 38.5 Å². The lowest BCUT2D eigenvalue weighted by atomic mass is 9.48. The molecule has 0 heterocycles. The van der Waals surface area contributed by atoms with E-state index in [1.54, 1.807) is 0 Å². The normalized spacial score (nSPS) is 30.7. The predicted octanol–water partition coefficient (Wildman–Crippen LogP) is 6.76. The molecule has 0 amide bonds. The number of aliphatic hydroxyl groups is 1. The summed E-state index contributed by atoms with van der Waals surface area (Å²) in [5.41, 5.74) is -1.28. The molecule has 3 aromatic rings. The zero-order chi connectivity index (χ0) is 22.5. The third-order valence-electron chi connectivity index (χ3n) is 7.89. The van der Waals surface area contributed by atoms with Gasteiger partial charge in [-0.05, 0) is 97.1 Å². The molecule has 1 N–H and O–H groups in total. The van der Waals surface area contributed by atoms with Crippen LogP contribution < -0.4 is 0 Å². The minimum atomic E-state index is -2.28. The maximum atomic E-state index is 14.3. The van der Waals surface area contributed by atoms with E-state index in [-0.39, 0.29) is 5.97 Å².